The number of aliphatic hydroxyl groups excluding tert-OH is 1. The molecule has 2 aromatic rings. The molecule has 6 nitrogen and oxygen atoms in total. The number of hydrogen-bond donors (Lipinski definition) is 1. The summed E-state index contributed by atoms with van der Waals surface area (Å²) in [7, 11) is 1.56. The first-order chi connectivity index (χ1) is 11.2. The van der Waals surface area contributed by atoms with E-state index in [2.05, 4.69) is 11.1 Å². The SMILES string of the molecule is COc1cccc(C(=O)CSc2ncc(CO)n2CCC#N)c1. The fraction of sp³-hybridized carbons (Fsp3) is 0.312. The number of ether oxygens (including phenoxy) is 1. The fourth-order valence-electron chi connectivity index (χ4n) is 2.04. The highest BCUT2D eigenvalue weighted by atomic mass is 32.2. The summed E-state index contributed by atoms with van der Waals surface area (Å²) in [6.07, 6.45) is 1.89. The molecule has 0 aliphatic heterocycles. The normalized spacial score (nSPS) is 10.3. The molecule has 1 aromatic carbocycles. The summed E-state index contributed by atoms with van der Waals surface area (Å²) in [5.41, 5.74) is 1.21. The lowest BCUT2D eigenvalue weighted by Crippen LogP contribution is -2.07. The molecule has 0 saturated carbocycles. The Bertz CT molecular complexity index is 722. The number of nitrogens with zero attached hydrogens (tertiary/aromatic N) is 3. The second-order valence-electron chi connectivity index (χ2n) is 4.69. The molecule has 0 aliphatic rings. The molecular weight excluding hydrogens is 314 g/mol. The predicted molar refractivity (Wildman–Crippen MR) is 86.4 cm³/mol. The summed E-state index contributed by atoms with van der Waals surface area (Å²) in [5, 5.41) is 18.7. The van der Waals surface area contributed by atoms with Crippen molar-refractivity contribution < 1.29 is 14.6 Å². The topological polar surface area (TPSA) is 88.1 Å². The van der Waals surface area contributed by atoms with Gasteiger partial charge < -0.3 is 14.4 Å². The molecule has 0 aliphatic carbocycles. The Morgan fingerprint density at radius 2 is 2.35 bits per heavy atom. The Labute approximate surface area is 138 Å². The number of methoxy groups -OCH3 is 1. The van der Waals surface area contributed by atoms with Gasteiger partial charge in [0.15, 0.2) is 10.9 Å². The van der Waals surface area contributed by atoms with Crippen LogP contribution in [0.4, 0.5) is 0 Å². The maximum atomic E-state index is 12.3. The molecule has 23 heavy (non-hydrogen) atoms. The van der Waals surface area contributed by atoms with E-state index in [1.807, 2.05) is 0 Å². The van der Waals surface area contributed by atoms with Crippen molar-refractivity contribution in [1.82, 2.24) is 9.55 Å². The van der Waals surface area contributed by atoms with Gasteiger partial charge in [-0.15, -0.1) is 0 Å². The van der Waals surface area contributed by atoms with Crippen molar-refractivity contribution in [3.63, 3.8) is 0 Å². The van der Waals surface area contributed by atoms with Crippen LogP contribution in [0.3, 0.4) is 0 Å². The zero-order chi connectivity index (χ0) is 16.7. The number of ketones is 1. The molecule has 1 N–H and O–H groups in total. The molecule has 0 unspecified atom stereocenters. The minimum Gasteiger partial charge on any atom is -0.497 e. The van der Waals surface area contributed by atoms with Crippen LogP contribution in [0.25, 0.3) is 0 Å². The van der Waals surface area contributed by atoms with Crippen LogP contribution in [0.15, 0.2) is 35.6 Å². The van der Waals surface area contributed by atoms with Crippen LogP contribution in [0.5, 0.6) is 5.75 Å². The van der Waals surface area contributed by atoms with Gasteiger partial charge in [0.1, 0.15) is 5.75 Å². The molecule has 120 valence electrons. The number of nitriles is 1. The molecule has 2 rings (SSSR count). The molecule has 0 fully saturated rings. The Balaban J connectivity index is 2.06. The maximum absolute atomic E-state index is 12.3. The largest absolute Gasteiger partial charge is 0.497 e. The van der Waals surface area contributed by atoms with Crippen molar-refractivity contribution in [2.75, 3.05) is 12.9 Å². The van der Waals surface area contributed by atoms with Crippen LogP contribution in [0, 0.1) is 11.3 Å². The molecular formula is C16H17N3O3S. The Kier molecular flexibility index (Phi) is 6.20. The second-order valence-corrected chi connectivity index (χ2v) is 5.64. The number of Topliss-reactive ketones (excluding diaryl/α,β-unsaturated/α-hetero) is 1. The number of aromatic nitrogens is 2. The van der Waals surface area contributed by atoms with Crippen LogP contribution < -0.4 is 4.74 Å². The molecule has 0 saturated heterocycles. The van der Waals surface area contributed by atoms with Gasteiger partial charge in [0, 0.05) is 12.1 Å². The highest BCUT2D eigenvalue weighted by Crippen LogP contribution is 2.21. The maximum Gasteiger partial charge on any atom is 0.173 e. The van der Waals surface area contributed by atoms with Crippen LogP contribution in [-0.2, 0) is 13.2 Å². The van der Waals surface area contributed by atoms with Gasteiger partial charge in [-0.05, 0) is 12.1 Å². The quantitative estimate of drug-likeness (QED) is 0.590. The number of rotatable bonds is 8. The molecule has 0 bridgehead atoms. The van der Waals surface area contributed by atoms with Gasteiger partial charge in [-0.2, -0.15) is 5.26 Å². The van der Waals surface area contributed by atoms with E-state index in [4.69, 9.17) is 10.00 Å². The van der Waals surface area contributed by atoms with Gasteiger partial charge in [0.2, 0.25) is 0 Å². The lowest BCUT2D eigenvalue weighted by Gasteiger charge is -2.08. The van der Waals surface area contributed by atoms with E-state index in [1.165, 1.54) is 11.8 Å². The highest BCUT2D eigenvalue weighted by molar-refractivity contribution is 7.99. The van der Waals surface area contributed by atoms with E-state index in [9.17, 15) is 9.90 Å². The first-order valence-electron chi connectivity index (χ1n) is 7.02. The van der Waals surface area contributed by atoms with Gasteiger partial charge in [-0.1, -0.05) is 23.9 Å². The predicted octanol–water partition coefficient (Wildman–Crippen LogP) is 2.27. The van der Waals surface area contributed by atoms with Crippen LogP contribution in [0.1, 0.15) is 22.5 Å². The Morgan fingerprint density at radius 3 is 3.04 bits per heavy atom. The van der Waals surface area contributed by atoms with Crippen molar-refractivity contribution in [2.45, 2.75) is 24.7 Å². The van der Waals surface area contributed by atoms with Crippen molar-refractivity contribution in [1.29, 1.82) is 5.26 Å². The van der Waals surface area contributed by atoms with Crippen LogP contribution >= 0.6 is 11.8 Å². The standard InChI is InChI=1S/C16H17N3O3S/c1-22-14-5-2-4-12(8-14)15(21)11-23-16-18-9-13(10-20)19(16)7-3-6-17/h2,4-5,8-9,20H,3,7,10-11H2,1H3. The number of carbonyl (C=O) groups excluding carboxylic acids is 1. The van der Waals surface area contributed by atoms with Gasteiger partial charge >= 0.3 is 0 Å². The van der Waals surface area contributed by atoms with Gasteiger partial charge in [0.25, 0.3) is 0 Å². The number of thioether (sulfide) groups is 1. The molecule has 1 heterocycles. The number of carbonyl (C=O) groups is 1. The minimum atomic E-state index is -0.150. The smallest absolute Gasteiger partial charge is 0.173 e. The van der Waals surface area contributed by atoms with Crippen molar-refractivity contribution in [3.05, 3.63) is 41.7 Å². The first-order valence-corrected chi connectivity index (χ1v) is 8.00. The zero-order valence-electron chi connectivity index (χ0n) is 12.7. The summed E-state index contributed by atoms with van der Waals surface area (Å²) in [6, 6.07) is 9.07. The minimum absolute atomic E-state index is 0.0331. The summed E-state index contributed by atoms with van der Waals surface area (Å²) < 4.78 is 6.89. The summed E-state index contributed by atoms with van der Waals surface area (Å²) in [4.78, 5) is 16.5. The summed E-state index contributed by atoms with van der Waals surface area (Å²) in [6.45, 7) is 0.297. The molecule has 0 spiro atoms. The summed E-state index contributed by atoms with van der Waals surface area (Å²) in [5.74, 6) is 0.829. The molecule has 0 amide bonds. The average molecular weight is 331 g/mol. The third kappa shape index (κ3) is 4.34. The number of imidazole rings is 1. The van der Waals surface area contributed by atoms with Crippen LogP contribution in [0.2, 0.25) is 0 Å². The molecule has 1 aromatic heterocycles. The number of hydrogen-bond acceptors (Lipinski definition) is 6. The average Bonchev–Trinajstić information content (AvgIpc) is 2.99. The van der Waals surface area contributed by atoms with Crippen molar-refractivity contribution >= 4 is 17.5 Å². The van der Waals surface area contributed by atoms with Crippen molar-refractivity contribution in [3.8, 4) is 11.8 Å². The van der Waals surface area contributed by atoms with E-state index >= 15 is 0 Å². The fourth-order valence-corrected chi connectivity index (χ4v) is 2.96. The zero-order valence-corrected chi connectivity index (χ0v) is 13.5. The van der Waals surface area contributed by atoms with Gasteiger partial charge in [-0.3, -0.25) is 4.79 Å². The molecule has 7 heteroatoms. The van der Waals surface area contributed by atoms with Gasteiger partial charge in [0.05, 0.1) is 43.9 Å². The summed E-state index contributed by atoms with van der Waals surface area (Å²) >= 11 is 1.29. The monoisotopic (exact) mass is 331 g/mol. The van der Waals surface area contributed by atoms with E-state index in [1.54, 1.807) is 42.1 Å². The van der Waals surface area contributed by atoms with Crippen LogP contribution in [-0.4, -0.2) is 33.3 Å². The third-order valence-corrected chi connectivity index (χ3v) is 4.23. The van der Waals surface area contributed by atoms with Gasteiger partial charge in [-0.25, -0.2) is 4.98 Å². The Hall–Kier alpha value is -2.30. The Morgan fingerprint density at radius 1 is 1.52 bits per heavy atom. The number of aliphatic hydroxyl groups is 1. The lowest BCUT2D eigenvalue weighted by molar-refractivity contribution is 0.102. The number of benzene rings is 1. The molecule has 0 radical (unpaired) electrons. The second kappa shape index (κ2) is 8.36. The molecule has 0 atom stereocenters. The first kappa shape index (κ1) is 17.1. The van der Waals surface area contributed by atoms with E-state index < -0.39 is 0 Å². The van der Waals surface area contributed by atoms with E-state index in [0.717, 1.165) is 0 Å². The highest BCUT2D eigenvalue weighted by Gasteiger charge is 2.13. The van der Waals surface area contributed by atoms with E-state index in [0.29, 0.717) is 35.1 Å². The van der Waals surface area contributed by atoms with E-state index in [-0.39, 0.29) is 18.1 Å². The lowest BCUT2D eigenvalue weighted by atomic mass is 10.1. The third-order valence-electron chi connectivity index (χ3n) is 3.23. The van der Waals surface area contributed by atoms with Crippen molar-refractivity contribution in [2.24, 2.45) is 0 Å².